The van der Waals surface area contributed by atoms with E-state index in [-0.39, 0.29) is 13.0 Å². The molecule has 2 aliphatic heterocycles. The van der Waals surface area contributed by atoms with Crippen molar-refractivity contribution in [1.82, 2.24) is 0 Å². The minimum Gasteiger partial charge on any atom is -0.465 e. The van der Waals surface area contributed by atoms with E-state index in [1.807, 2.05) is 13.0 Å². The first kappa shape index (κ1) is 21.3. The highest BCUT2D eigenvalue weighted by molar-refractivity contribution is 5.68. The van der Waals surface area contributed by atoms with E-state index in [1.54, 1.807) is 6.92 Å². The third-order valence-corrected chi connectivity index (χ3v) is 7.46. The largest absolute Gasteiger partial charge is 0.465 e. The third-order valence-electron chi connectivity index (χ3n) is 7.46. The SMILES string of the molecule is CC(=O)OC[C@]12C[C@H](O)C(C)=C[C@H]1O[C@@H]1[C@H](OC(C)=O)[C@@H](OC(C)=O)[C@@]2(C)[C@]12CO2. The molecule has 1 N–H and O–H groups in total. The Hall–Kier alpha value is -1.97. The summed E-state index contributed by atoms with van der Waals surface area (Å²) in [5, 5.41) is 10.8. The van der Waals surface area contributed by atoms with Crippen LogP contribution in [0.5, 0.6) is 0 Å². The van der Waals surface area contributed by atoms with Crippen molar-refractivity contribution >= 4 is 17.9 Å². The van der Waals surface area contributed by atoms with Crippen molar-refractivity contribution in [3.05, 3.63) is 11.6 Å². The lowest BCUT2D eigenvalue weighted by Gasteiger charge is -2.58. The lowest BCUT2D eigenvalue weighted by atomic mass is 9.51. The predicted molar refractivity (Wildman–Crippen MR) is 100 cm³/mol. The maximum Gasteiger partial charge on any atom is 0.303 e. The quantitative estimate of drug-likeness (QED) is 0.300. The highest BCUT2D eigenvalue weighted by Gasteiger charge is 2.87. The fourth-order valence-electron chi connectivity index (χ4n) is 5.89. The minimum absolute atomic E-state index is 0.0628. The Labute approximate surface area is 174 Å². The number of aliphatic hydroxyl groups is 1. The van der Waals surface area contributed by atoms with E-state index in [0.717, 1.165) is 5.57 Å². The topological polar surface area (TPSA) is 121 Å². The second-order valence-electron chi connectivity index (χ2n) is 9.03. The fraction of sp³-hybridized carbons (Fsp3) is 0.762. The zero-order valence-corrected chi connectivity index (χ0v) is 17.8. The van der Waals surface area contributed by atoms with Gasteiger partial charge in [-0.1, -0.05) is 13.0 Å². The van der Waals surface area contributed by atoms with E-state index < -0.39 is 64.9 Å². The molecule has 1 saturated carbocycles. The number of hydrogen-bond donors (Lipinski definition) is 1. The number of fused-ring (bicyclic) bond motifs is 2. The van der Waals surface area contributed by atoms with E-state index in [4.69, 9.17) is 23.7 Å². The number of aliphatic hydroxyl groups excluding tert-OH is 1. The van der Waals surface area contributed by atoms with Gasteiger partial charge in [0.1, 0.15) is 18.3 Å². The summed E-state index contributed by atoms with van der Waals surface area (Å²) >= 11 is 0. The lowest BCUT2D eigenvalue weighted by molar-refractivity contribution is -0.240. The molecular weight excluding hydrogens is 396 g/mol. The van der Waals surface area contributed by atoms with Gasteiger partial charge >= 0.3 is 17.9 Å². The number of rotatable bonds is 4. The van der Waals surface area contributed by atoms with E-state index in [1.165, 1.54) is 20.8 Å². The molecule has 3 fully saturated rings. The molecule has 9 nitrogen and oxygen atoms in total. The summed E-state index contributed by atoms with van der Waals surface area (Å²) in [7, 11) is 0. The molecule has 2 heterocycles. The monoisotopic (exact) mass is 424 g/mol. The van der Waals surface area contributed by atoms with Gasteiger partial charge in [0.2, 0.25) is 0 Å². The van der Waals surface area contributed by atoms with Gasteiger partial charge in [-0.2, -0.15) is 0 Å². The predicted octanol–water partition coefficient (Wildman–Crippen LogP) is 0.666. The smallest absolute Gasteiger partial charge is 0.303 e. The van der Waals surface area contributed by atoms with E-state index in [0.29, 0.717) is 6.61 Å². The molecule has 4 rings (SSSR count). The second kappa shape index (κ2) is 6.77. The fourth-order valence-corrected chi connectivity index (χ4v) is 5.89. The zero-order chi connectivity index (χ0) is 22.1. The molecular formula is C21H28O9. The molecule has 1 spiro atoms. The standard InChI is InChI=1S/C21H28O9/c1-10-6-15-20(7-14(10)25,8-26-11(2)22)19(5)17(29-13(4)24)16(28-12(3)23)18(30-15)21(19)9-27-21/h6,14-18,25H,7-9H2,1-5H3/t14-,15+,16+,17+,18+,19+,20+,21-/m0/s1. The van der Waals surface area contributed by atoms with Gasteiger partial charge in [0.25, 0.3) is 0 Å². The summed E-state index contributed by atoms with van der Waals surface area (Å²) in [5.74, 6) is -1.54. The molecule has 166 valence electrons. The summed E-state index contributed by atoms with van der Waals surface area (Å²) < 4.78 is 29.2. The molecule has 0 unspecified atom stereocenters. The molecule has 0 aromatic rings. The van der Waals surface area contributed by atoms with Crippen molar-refractivity contribution in [2.24, 2.45) is 10.8 Å². The van der Waals surface area contributed by atoms with Crippen LogP contribution < -0.4 is 0 Å². The van der Waals surface area contributed by atoms with Crippen LogP contribution in [0, 0.1) is 10.8 Å². The summed E-state index contributed by atoms with van der Waals surface area (Å²) in [4.78, 5) is 35.7. The molecule has 8 atom stereocenters. The highest BCUT2D eigenvalue weighted by atomic mass is 16.7. The molecule has 4 aliphatic rings. The van der Waals surface area contributed by atoms with Crippen molar-refractivity contribution in [2.75, 3.05) is 13.2 Å². The van der Waals surface area contributed by atoms with Crippen LogP contribution in [0.2, 0.25) is 0 Å². The summed E-state index contributed by atoms with van der Waals surface area (Å²) in [5.41, 5.74) is -2.06. The van der Waals surface area contributed by atoms with Crippen LogP contribution in [0.4, 0.5) is 0 Å². The summed E-state index contributed by atoms with van der Waals surface area (Å²) in [6.45, 7) is 7.83. The van der Waals surface area contributed by atoms with Gasteiger partial charge in [-0.15, -0.1) is 0 Å². The summed E-state index contributed by atoms with van der Waals surface area (Å²) in [6.07, 6.45) is -1.76. The lowest BCUT2D eigenvalue weighted by Crippen LogP contribution is -2.67. The first-order valence-corrected chi connectivity index (χ1v) is 10.1. The van der Waals surface area contributed by atoms with Gasteiger partial charge in [0.15, 0.2) is 12.2 Å². The first-order chi connectivity index (χ1) is 14.0. The van der Waals surface area contributed by atoms with E-state index in [9.17, 15) is 19.5 Å². The van der Waals surface area contributed by atoms with Gasteiger partial charge in [0.05, 0.1) is 24.2 Å². The Bertz CT molecular complexity index is 815. The third kappa shape index (κ3) is 2.68. The van der Waals surface area contributed by atoms with Gasteiger partial charge in [-0.3, -0.25) is 14.4 Å². The van der Waals surface area contributed by atoms with Gasteiger partial charge < -0.3 is 28.8 Å². The normalized spacial score (nSPS) is 45.9. The molecule has 0 aromatic heterocycles. The Morgan fingerprint density at radius 1 is 1.17 bits per heavy atom. The van der Waals surface area contributed by atoms with Crippen molar-refractivity contribution in [3.63, 3.8) is 0 Å². The molecule has 0 aromatic carbocycles. The van der Waals surface area contributed by atoms with Crippen molar-refractivity contribution in [3.8, 4) is 0 Å². The second-order valence-corrected chi connectivity index (χ2v) is 9.03. The molecule has 2 saturated heterocycles. The Morgan fingerprint density at radius 3 is 2.33 bits per heavy atom. The van der Waals surface area contributed by atoms with Crippen LogP contribution in [0.25, 0.3) is 0 Å². The molecule has 9 heteroatoms. The zero-order valence-electron chi connectivity index (χ0n) is 17.8. The Kier molecular flexibility index (Phi) is 4.80. The molecule has 2 aliphatic carbocycles. The van der Waals surface area contributed by atoms with Gasteiger partial charge in [-0.05, 0) is 18.9 Å². The van der Waals surface area contributed by atoms with E-state index in [2.05, 4.69) is 0 Å². The number of ether oxygens (including phenoxy) is 5. The maximum atomic E-state index is 12.0. The van der Waals surface area contributed by atoms with Crippen molar-refractivity contribution in [2.45, 2.75) is 77.2 Å². The van der Waals surface area contributed by atoms with Crippen LogP contribution in [0.3, 0.4) is 0 Å². The Morgan fingerprint density at radius 2 is 1.80 bits per heavy atom. The number of esters is 3. The van der Waals surface area contributed by atoms with Crippen LogP contribution >= 0.6 is 0 Å². The minimum atomic E-state index is -0.959. The average molecular weight is 424 g/mol. The Balaban J connectivity index is 1.90. The number of carbonyl (C=O) groups excluding carboxylic acids is 3. The summed E-state index contributed by atoms with van der Waals surface area (Å²) in [6, 6.07) is 0. The number of carbonyl (C=O) groups is 3. The highest BCUT2D eigenvalue weighted by Crippen LogP contribution is 2.72. The van der Waals surface area contributed by atoms with Crippen LogP contribution in [0.15, 0.2) is 11.6 Å². The van der Waals surface area contributed by atoms with Crippen LogP contribution in [-0.4, -0.2) is 72.3 Å². The number of epoxide rings is 1. The van der Waals surface area contributed by atoms with Gasteiger partial charge in [-0.25, -0.2) is 0 Å². The first-order valence-electron chi connectivity index (χ1n) is 10.1. The maximum absolute atomic E-state index is 12.0. The molecule has 2 bridgehead atoms. The number of hydrogen-bond acceptors (Lipinski definition) is 9. The average Bonchev–Trinajstić information content (AvgIpc) is 3.41. The van der Waals surface area contributed by atoms with E-state index >= 15 is 0 Å². The molecule has 30 heavy (non-hydrogen) atoms. The van der Waals surface area contributed by atoms with Crippen molar-refractivity contribution < 1.29 is 43.2 Å². The van der Waals surface area contributed by atoms with Crippen molar-refractivity contribution in [1.29, 1.82) is 0 Å². The molecule has 0 radical (unpaired) electrons. The van der Waals surface area contributed by atoms with Crippen LogP contribution in [0.1, 0.15) is 41.0 Å². The molecule has 0 amide bonds. The van der Waals surface area contributed by atoms with Crippen LogP contribution in [-0.2, 0) is 38.1 Å². The van der Waals surface area contributed by atoms with Gasteiger partial charge in [0, 0.05) is 26.2 Å².